The number of hydrogen-bond donors (Lipinski definition) is 3. The Morgan fingerprint density at radius 2 is 1.94 bits per heavy atom. The molecule has 0 spiro atoms. The Morgan fingerprint density at radius 3 is 2.56 bits per heavy atom. The Labute approximate surface area is 205 Å². The number of hydrogen-bond acceptors (Lipinski definition) is 9. The molecule has 14 heteroatoms. The van der Waals surface area contributed by atoms with Crippen molar-refractivity contribution in [1.82, 2.24) is 14.6 Å². The molecule has 2 aromatic rings. The Kier molecular flexibility index (Phi) is 9.20. The molecule has 1 aliphatic heterocycles. The van der Waals surface area contributed by atoms with Crippen molar-refractivity contribution in [1.29, 1.82) is 0 Å². The molecule has 2 heterocycles. The lowest BCUT2D eigenvalue weighted by molar-refractivity contribution is -0.149. The predicted octanol–water partition coefficient (Wildman–Crippen LogP) is 1.51. The minimum atomic E-state index is -4.26. The minimum Gasteiger partial charge on any atom is -0.462 e. The molecule has 198 valence electrons. The van der Waals surface area contributed by atoms with Gasteiger partial charge in [0.2, 0.25) is 0 Å². The van der Waals surface area contributed by atoms with E-state index in [2.05, 4.69) is 5.09 Å². The van der Waals surface area contributed by atoms with E-state index in [1.807, 2.05) is 4.98 Å². The molecule has 6 atom stereocenters. The van der Waals surface area contributed by atoms with Crippen LogP contribution in [0.5, 0.6) is 5.75 Å². The molecule has 36 heavy (non-hydrogen) atoms. The summed E-state index contributed by atoms with van der Waals surface area (Å²) in [5, 5.41) is 13.1. The van der Waals surface area contributed by atoms with Crippen LogP contribution in [-0.2, 0) is 23.4 Å². The molecule has 1 aliphatic rings. The summed E-state index contributed by atoms with van der Waals surface area (Å²) >= 11 is 0. The van der Waals surface area contributed by atoms with Crippen molar-refractivity contribution >= 4 is 13.7 Å². The summed E-state index contributed by atoms with van der Waals surface area (Å²) in [6.45, 7) is 3.16. The molecule has 0 aliphatic carbocycles. The Morgan fingerprint density at radius 1 is 1.25 bits per heavy atom. The number of H-pyrrole nitrogens is 1. The van der Waals surface area contributed by atoms with E-state index >= 15 is 0 Å². The van der Waals surface area contributed by atoms with Crippen LogP contribution in [0.4, 0.5) is 4.39 Å². The number of aromatic amines is 1. The number of ether oxygens (including phenoxy) is 2. The van der Waals surface area contributed by atoms with E-state index in [0.29, 0.717) is 0 Å². The third-order valence-corrected chi connectivity index (χ3v) is 6.90. The number of para-hydroxylation sites is 1. The number of aromatic nitrogens is 2. The summed E-state index contributed by atoms with van der Waals surface area (Å²) in [7, 11) is -4.26. The van der Waals surface area contributed by atoms with Crippen LogP contribution in [0.15, 0.2) is 52.2 Å². The van der Waals surface area contributed by atoms with Crippen LogP contribution in [0.2, 0.25) is 0 Å². The number of halogens is 1. The average Bonchev–Trinajstić information content (AvgIpc) is 3.13. The van der Waals surface area contributed by atoms with Crippen molar-refractivity contribution in [3.05, 3.63) is 63.4 Å². The first-order valence-electron chi connectivity index (χ1n) is 11.2. The van der Waals surface area contributed by atoms with E-state index in [1.165, 1.54) is 19.1 Å². The van der Waals surface area contributed by atoms with Crippen molar-refractivity contribution in [2.24, 2.45) is 5.92 Å². The number of esters is 1. The maximum atomic E-state index is 13.8. The van der Waals surface area contributed by atoms with Gasteiger partial charge in [-0.2, -0.15) is 5.09 Å². The predicted molar refractivity (Wildman–Crippen MR) is 125 cm³/mol. The molecular weight excluding hydrogens is 500 g/mol. The minimum absolute atomic E-state index is 0.171. The van der Waals surface area contributed by atoms with Crippen LogP contribution in [0.25, 0.3) is 0 Å². The molecule has 0 bridgehead atoms. The number of benzene rings is 1. The van der Waals surface area contributed by atoms with Gasteiger partial charge < -0.3 is 19.1 Å². The second kappa shape index (κ2) is 11.9. The van der Waals surface area contributed by atoms with E-state index in [-0.39, 0.29) is 5.75 Å². The van der Waals surface area contributed by atoms with Gasteiger partial charge in [0, 0.05) is 18.2 Å². The summed E-state index contributed by atoms with van der Waals surface area (Å²) in [5.74, 6) is -1.68. The molecule has 3 rings (SSSR count). The van der Waals surface area contributed by atoms with Crippen LogP contribution in [0, 0.1) is 5.92 Å². The van der Waals surface area contributed by atoms with E-state index in [0.717, 1.165) is 16.8 Å². The second-order valence-electron chi connectivity index (χ2n) is 8.43. The fraction of sp³-hybridized carbons (Fsp3) is 0.500. The molecule has 12 nitrogen and oxygen atoms in total. The topological polar surface area (TPSA) is 158 Å². The average molecular weight is 529 g/mol. The first-order valence-corrected chi connectivity index (χ1v) is 12.8. The lowest BCUT2D eigenvalue weighted by Crippen LogP contribution is -2.37. The normalized spacial score (nSPS) is 24.3. The maximum Gasteiger partial charge on any atom is 0.459 e. The first kappa shape index (κ1) is 27.8. The molecule has 3 N–H and O–H groups in total. The van der Waals surface area contributed by atoms with Gasteiger partial charge in [-0.1, -0.05) is 18.2 Å². The zero-order valence-corrected chi connectivity index (χ0v) is 20.8. The molecule has 0 amide bonds. The molecule has 1 aromatic heterocycles. The summed E-state index contributed by atoms with van der Waals surface area (Å²) in [6, 6.07) is 7.99. The highest BCUT2D eigenvalue weighted by Gasteiger charge is 2.46. The summed E-state index contributed by atoms with van der Waals surface area (Å²) in [5.41, 5.74) is -1.51. The van der Waals surface area contributed by atoms with Gasteiger partial charge in [0.1, 0.15) is 17.9 Å². The van der Waals surface area contributed by atoms with Gasteiger partial charge >= 0.3 is 19.4 Å². The van der Waals surface area contributed by atoms with Crippen LogP contribution in [-0.4, -0.2) is 58.3 Å². The van der Waals surface area contributed by atoms with E-state index in [4.69, 9.17) is 18.5 Å². The fourth-order valence-corrected chi connectivity index (χ4v) is 5.01. The van der Waals surface area contributed by atoms with Crippen LogP contribution < -0.4 is 20.9 Å². The van der Waals surface area contributed by atoms with Crippen molar-refractivity contribution < 1.29 is 37.4 Å². The first-order chi connectivity index (χ1) is 17.0. The van der Waals surface area contributed by atoms with Crippen molar-refractivity contribution in [3.63, 3.8) is 0 Å². The number of nitrogens with one attached hydrogen (secondary N) is 2. The summed E-state index contributed by atoms with van der Waals surface area (Å²) in [4.78, 5) is 37.8. The smallest absolute Gasteiger partial charge is 0.459 e. The third kappa shape index (κ3) is 6.89. The van der Waals surface area contributed by atoms with Gasteiger partial charge in [0.05, 0.1) is 25.5 Å². The summed E-state index contributed by atoms with van der Waals surface area (Å²) < 4.78 is 50.2. The molecule has 6 unspecified atom stereocenters. The quantitative estimate of drug-likeness (QED) is 0.288. The highest BCUT2D eigenvalue weighted by atomic mass is 31.2. The van der Waals surface area contributed by atoms with E-state index in [9.17, 15) is 28.4 Å². The number of nitrogens with zero attached hydrogens (tertiary/aromatic N) is 1. The monoisotopic (exact) mass is 529 g/mol. The molecule has 1 fully saturated rings. The van der Waals surface area contributed by atoms with Crippen LogP contribution in [0.3, 0.4) is 0 Å². The Bertz CT molecular complexity index is 1190. The number of alkyl halides is 1. The zero-order chi connectivity index (χ0) is 26.5. The van der Waals surface area contributed by atoms with Gasteiger partial charge in [-0.05, 0) is 32.9 Å². The number of carbonyl (C=O) groups is 1. The maximum absolute atomic E-state index is 13.8. The van der Waals surface area contributed by atoms with Crippen molar-refractivity contribution in [3.8, 4) is 5.75 Å². The standard InChI is InChI=1S/C22H29FN3O9P/c1-13(2)33-21(29)14(3)25-36(31,35-15-7-5-4-6-8-15)32-12-17-16(11-23)19(28)20(34-17)26-10-9-18(27)24-22(26)30/h4-10,13-14,16-17,19-20,28H,11-12H2,1-3H3,(H,25,31)(H,24,27,30). The molecule has 1 saturated heterocycles. The van der Waals surface area contributed by atoms with Crippen molar-refractivity contribution in [2.75, 3.05) is 13.3 Å². The number of rotatable bonds is 11. The van der Waals surface area contributed by atoms with Gasteiger partial charge in [-0.25, -0.2) is 9.36 Å². The Balaban J connectivity index is 1.79. The van der Waals surface area contributed by atoms with Crippen LogP contribution in [0.1, 0.15) is 27.0 Å². The highest BCUT2D eigenvalue weighted by Crippen LogP contribution is 2.46. The third-order valence-electron chi connectivity index (χ3n) is 5.26. The second-order valence-corrected chi connectivity index (χ2v) is 10.1. The van der Waals surface area contributed by atoms with Gasteiger partial charge in [-0.3, -0.25) is 28.1 Å². The van der Waals surface area contributed by atoms with Gasteiger partial charge in [-0.15, -0.1) is 0 Å². The Hall–Kier alpha value is -2.83. The van der Waals surface area contributed by atoms with Crippen molar-refractivity contribution in [2.45, 2.75) is 51.4 Å². The van der Waals surface area contributed by atoms with E-state index in [1.54, 1.807) is 32.0 Å². The largest absolute Gasteiger partial charge is 0.462 e. The van der Waals surface area contributed by atoms with Gasteiger partial charge in [0.25, 0.3) is 5.56 Å². The number of aliphatic hydroxyl groups excluding tert-OH is 1. The number of aliphatic hydroxyl groups is 1. The van der Waals surface area contributed by atoms with E-state index < -0.39 is 74.7 Å². The number of carbonyl (C=O) groups excluding carboxylic acids is 1. The highest BCUT2D eigenvalue weighted by molar-refractivity contribution is 7.52. The summed E-state index contributed by atoms with van der Waals surface area (Å²) in [6.07, 6.45) is -3.26. The molecule has 0 radical (unpaired) electrons. The fourth-order valence-electron chi connectivity index (χ4n) is 3.51. The zero-order valence-electron chi connectivity index (χ0n) is 19.9. The molecular formula is C22H29FN3O9P. The molecule has 0 saturated carbocycles. The molecule has 1 aromatic carbocycles. The van der Waals surface area contributed by atoms with Gasteiger partial charge in [0.15, 0.2) is 6.23 Å². The van der Waals surface area contributed by atoms with Crippen LogP contribution >= 0.6 is 7.75 Å². The lowest BCUT2D eigenvalue weighted by atomic mass is 10.00. The lowest BCUT2D eigenvalue weighted by Gasteiger charge is -2.25. The SMILES string of the molecule is CC(C)OC(=O)C(C)NP(=O)(OCC1OC(n2ccc(=O)[nH]c2=O)C(O)C1CF)Oc1ccccc1.